The van der Waals surface area contributed by atoms with Crippen molar-refractivity contribution in [2.45, 2.75) is 4.90 Å². The third-order valence-electron chi connectivity index (χ3n) is 8.00. The van der Waals surface area contributed by atoms with E-state index in [2.05, 4.69) is 35.0 Å². The quantitative estimate of drug-likeness (QED) is 0.313. The molecule has 14 heteroatoms. The zero-order valence-corrected chi connectivity index (χ0v) is 25.5. The van der Waals surface area contributed by atoms with Gasteiger partial charge in [-0.15, -0.1) is 0 Å². The molecule has 0 unspecified atom stereocenters. The summed E-state index contributed by atoms with van der Waals surface area (Å²) in [5.74, 6) is 2.30. The summed E-state index contributed by atoms with van der Waals surface area (Å²) in [5, 5.41) is 5.88. The second kappa shape index (κ2) is 11.5. The Morgan fingerprint density at radius 3 is 2.31 bits per heavy atom. The molecule has 0 amide bonds. The van der Waals surface area contributed by atoms with Crippen LogP contribution in [0.2, 0.25) is 0 Å². The van der Waals surface area contributed by atoms with E-state index in [9.17, 15) is 8.42 Å². The van der Waals surface area contributed by atoms with Crippen LogP contribution in [0.3, 0.4) is 0 Å². The first kappa shape index (κ1) is 28.4. The first-order valence-corrected chi connectivity index (χ1v) is 15.7. The monoisotopic (exact) mass is 611 g/mol. The summed E-state index contributed by atoms with van der Waals surface area (Å²) >= 11 is 5.73. The highest BCUT2D eigenvalue weighted by Gasteiger charge is 2.29. The van der Waals surface area contributed by atoms with Crippen molar-refractivity contribution in [2.24, 2.45) is 0 Å². The van der Waals surface area contributed by atoms with Gasteiger partial charge >= 0.3 is 0 Å². The highest BCUT2D eigenvalue weighted by atomic mass is 32.2. The van der Waals surface area contributed by atoms with E-state index in [1.807, 2.05) is 19.2 Å². The Bertz CT molecular complexity index is 1710. The lowest BCUT2D eigenvalue weighted by atomic mass is 10.1. The third-order valence-corrected chi connectivity index (χ3v) is 10.3. The Kier molecular flexibility index (Phi) is 7.79. The molecular formula is C28H35N8O4S2+. The number of rotatable bonds is 6. The van der Waals surface area contributed by atoms with Gasteiger partial charge < -0.3 is 29.6 Å². The fraction of sp³-hybridized carbons (Fsp3) is 0.393. The summed E-state index contributed by atoms with van der Waals surface area (Å²) in [6.45, 7) is 5.41. The van der Waals surface area contributed by atoms with E-state index in [4.69, 9.17) is 21.7 Å². The topological polar surface area (TPSA) is 120 Å². The molecule has 222 valence electrons. The van der Waals surface area contributed by atoms with Gasteiger partial charge in [-0.1, -0.05) is 4.98 Å². The van der Waals surface area contributed by atoms with Crippen molar-refractivity contribution < 1.29 is 22.9 Å². The predicted molar refractivity (Wildman–Crippen MR) is 166 cm³/mol. The first-order valence-electron chi connectivity index (χ1n) is 13.8. The molecule has 3 N–H and O–H groups in total. The van der Waals surface area contributed by atoms with Crippen molar-refractivity contribution in [3.63, 3.8) is 0 Å². The number of methoxy groups -OCH3 is 2. The minimum Gasteiger partial charge on any atom is -0.493 e. The maximum absolute atomic E-state index is 13.0. The highest BCUT2D eigenvalue weighted by molar-refractivity contribution is 7.89. The lowest BCUT2D eigenvalue weighted by Gasteiger charge is -2.34. The number of aromatic nitrogens is 3. The molecule has 0 atom stereocenters. The average Bonchev–Trinajstić information content (AvgIpc) is 3.38. The van der Waals surface area contributed by atoms with Crippen LogP contribution < -0.4 is 24.7 Å². The number of sulfonamides is 1. The summed E-state index contributed by atoms with van der Waals surface area (Å²) in [4.78, 5) is 18.1. The fourth-order valence-corrected chi connectivity index (χ4v) is 7.27. The van der Waals surface area contributed by atoms with E-state index in [-0.39, 0.29) is 0 Å². The molecule has 42 heavy (non-hydrogen) atoms. The van der Waals surface area contributed by atoms with Crippen molar-refractivity contribution >= 4 is 60.8 Å². The number of thiocarbonyl (C=S) groups is 1. The van der Waals surface area contributed by atoms with E-state index < -0.39 is 10.0 Å². The van der Waals surface area contributed by atoms with Gasteiger partial charge in [0.15, 0.2) is 16.6 Å². The van der Waals surface area contributed by atoms with E-state index in [1.165, 1.54) is 0 Å². The minimum atomic E-state index is -3.51. The number of ether oxygens (including phenoxy) is 2. The molecule has 2 aliphatic heterocycles. The van der Waals surface area contributed by atoms with Crippen LogP contribution in [0.5, 0.6) is 11.5 Å². The van der Waals surface area contributed by atoms with Crippen LogP contribution >= 0.6 is 12.2 Å². The van der Waals surface area contributed by atoms with Gasteiger partial charge in [0, 0.05) is 43.3 Å². The lowest BCUT2D eigenvalue weighted by Crippen LogP contribution is -2.51. The fourth-order valence-electron chi connectivity index (χ4n) is 5.55. The molecule has 0 aliphatic carbocycles. The smallest absolute Gasteiger partial charge is 0.243 e. The number of likely N-dealkylation sites (N-methyl/N-ethyl adjacent to an activating group) is 1. The molecular weight excluding hydrogens is 576 g/mol. The van der Waals surface area contributed by atoms with Crippen LogP contribution in [0.1, 0.15) is 0 Å². The number of aromatic amines is 2. The summed E-state index contributed by atoms with van der Waals surface area (Å²) in [6.07, 6.45) is 1.70. The van der Waals surface area contributed by atoms with Crippen molar-refractivity contribution in [1.82, 2.24) is 24.1 Å². The number of H-pyrrole nitrogens is 2. The van der Waals surface area contributed by atoms with Gasteiger partial charge in [0.2, 0.25) is 27.8 Å². The second-order valence-corrected chi connectivity index (χ2v) is 12.8. The van der Waals surface area contributed by atoms with Gasteiger partial charge in [-0.3, -0.25) is 4.90 Å². The number of nitrogens with one attached hydrogen (secondary N) is 3. The number of benzene rings is 2. The van der Waals surface area contributed by atoms with Crippen molar-refractivity contribution in [3.8, 4) is 11.5 Å². The Morgan fingerprint density at radius 2 is 1.64 bits per heavy atom. The number of fused-ring (bicyclic) bond motifs is 3. The molecule has 0 radical (unpaired) electrons. The number of hydrogen-bond donors (Lipinski definition) is 2. The number of hydrogen-bond acceptors (Lipinski definition) is 8. The SMILES string of the molecule is COc1cc2[nH]c3nc[nH+]c(N4CCN(C(=S)Nc5ccc(S(=O)(=O)N6CCN(C)CC6)cc5)CC4)c3c2cc1OC. The average molecular weight is 612 g/mol. The van der Waals surface area contributed by atoms with Gasteiger partial charge in [0.25, 0.3) is 0 Å². The Labute approximate surface area is 250 Å². The molecule has 4 aromatic rings. The first-order chi connectivity index (χ1) is 20.3. The molecule has 0 spiro atoms. The van der Waals surface area contributed by atoms with Gasteiger partial charge in [-0.25, -0.2) is 13.4 Å². The van der Waals surface area contributed by atoms with Gasteiger partial charge in [0.05, 0.1) is 50.8 Å². The van der Waals surface area contributed by atoms with Crippen molar-refractivity contribution in [1.29, 1.82) is 0 Å². The lowest BCUT2D eigenvalue weighted by molar-refractivity contribution is -0.367. The Hall–Kier alpha value is -3.72. The standard InChI is InChI=1S/C28H34N8O4S2/c1-33-8-14-36(15-9-33)42(37,38)20-6-4-19(5-7-20)31-28(41)35-12-10-34(11-13-35)27-25-21-16-23(39-2)24(40-3)17-22(21)32-26(25)29-18-30-27/h4-7,16-18H,8-15H2,1-3H3,(H,31,41)(H,29,30,32)/p+1. The predicted octanol–water partition coefficient (Wildman–Crippen LogP) is 2.00. The van der Waals surface area contributed by atoms with E-state index >= 15 is 0 Å². The number of anilines is 2. The van der Waals surface area contributed by atoms with Gasteiger partial charge in [-0.2, -0.15) is 4.31 Å². The normalized spacial score (nSPS) is 17.1. The van der Waals surface area contributed by atoms with E-state index in [0.717, 1.165) is 72.7 Å². The zero-order chi connectivity index (χ0) is 29.4. The summed E-state index contributed by atoms with van der Waals surface area (Å²) in [7, 11) is 1.75. The third kappa shape index (κ3) is 5.30. The highest BCUT2D eigenvalue weighted by Crippen LogP contribution is 2.37. The van der Waals surface area contributed by atoms with Crippen LogP contribution in [0.25, 0.3) is 21.9 Å². The van der Waals surface area contributed by atoms with Crippen molar-refractivity contribution in [2.75, 3.05) is 83.8 Å². The summed E-state index contributed by atoms with van der Waals surface area (Å²) in [6, 6.07) is 10.7. The van der Waals surface area contributed by atoms with Crippen molar-refractivity contribution in [3.05, 3.63) is 42.7 Å². The molecule has 12 nitrogen and oxygen atoms in total. The maximum Gasteiger partial charge on any atom is 0.243 e. The molecule has 0 bridgehead atoms. The largest absolute Gasteiger partial charge is 0.493 e. The zero-order valence-electron chi connectivity index (χ0n) is 23.9. The van der Waals surface area contributed by atoms with Gasteiger partial charge in [0.1, 0.15) is 5.39 Å². The van der Waals surface area contributed by atoms with Crippen LogP contribution in [-0.4, -0.2) is 111 Å². The van der Waals surface area contributed by atoms with Crippen LogP contribution in [0.4, 0.5) is 11.5 Å². The minimum absolute atomic E-state index is 0.297. The summed E-state index contributed by atoms with van der Waals surface area (Å²) in [5.41, 5.74) is 2.46. The molecule has 6 rings (SSSR count). The van der Waals surface area contributed by atoms with Crippen LogP contribution in [0, 0.1) is 0 Å². The molecule has 2 aliphatic rings. The Balaban J connectivity index is 1.12. The van der Waals surface area contributed by atoms with Crippen LogP contribution in [0.15, 0.2) is 47.6 Å². The second-order valence-electron chi connectivity index (χ2n) is 10.5. The number of nitrogens with zero attached hydrogens (tertiary/aromatic N) is 5. The molecule has 0 saturated carbocycles. The van der Waals surface area contributed by atoms with E-state index in [0.29, 0.717) is 34.6 Å². The van der Waals surface area contributed by atoms with Crippen LogP contribution in [-0.2, 0) is 10.0 Å². The molecule has 2 fully saturated rings. The Morgan fingerprint density at radius 1 is 0.976 bits per heavy atom. The van der Waals surface area contributed by atoms with E-state index in [1.54, 1.807) is 49.1 Å². The summed E-state index contributed by atoms with van der Waals surface area (Å²) < 4.78 is 38.7. The molecule has 2 aromatic carbocycles. The number of piperazine rings is 2. The molecule has 2 saturated heterocycles. The molecule has 4 heterocycles. The van der Waals surface area contributed by atoms with Gasteiger partial charge in [-0.05, 0) is 49.6 Å². The molecule has 2 aromatic heterocycles. The maximum atomic E-state index is 13.0.